The zero-order chi connectivity index (χ0) is 13.9. The molecule has 6 heteroatoms. The maximum atomic E-state index is 11.8. The molecule has 0 spiro atoms. The summed E-state index contributed by atoms with van der Waals surface area (Å²) in [5.41, 5.74) is -0.136. The van der Waals surface area contributed by atoms with Crippen LogP contribution >= 0.6 is 0 Å². The van der Waals surface area contributed by atoms with Crippen LogP contribution in [-0.4, -0.2) is 52.7 Å². The molecule has 1 aromatic rings. The van der Waals surface area contributed by atoms with Gasteiger partial charge in [0.25, 0.3) is 5.91 Å². The molecule has 0 fully saturated rings. The van der Waals surface area contributed by atoms with Crippen LogP contribution in [0.2, 0.25) is 0 Å². The molecule has 0 aromatic carbocycles. The summed E-state index contributed by atoms with van der Waals surface area (Å²) in [4.78, 5) is 18.1. The number of hydrogen-bond acceptors (Lipinski definition) is 4. The van der Waals surface area contributed by atoms with Crippen molar-refractivity contribution in [3.05, 3.63) is 11.6 Å². The fraction of sp³-hybridized carbons (Fsp3) is 0.750. The molecule has 0 aliphatic carbocycles. The van der Waals surface area contributed by atoms with Gasteiger partial charge in [-0.1, -0.05) is 20.8 Å². The standard InChI is InChI=1S/C12H23N5O/c1-8(17(5)6)7-13-10(18)9-14-11(16-15-9)12(2,3)4/h8H,7H2,1-6H3,(H,13,18)(H,14,15,16). The van der Waals surface area contributed by atoms with Gasteiger partial charge in [0, 0.05) is 18.0 Å². The molecule has 0 aliphatic heterocycles. The maximum absolute atomic E-state index is 11.8. The van der Waals surface area contributed by atoms with Crippen molar-refractivity contribution in [2.45, 2.75) is 39.2 Å². The summed E-state index contributed by atoms with van der Waals surface area (Å²) in [7, 11) is 3.95. The van der Waals surface area contributed by atoms with Crippen molar-refractivity contribution in [2.75, 3.05) is 20.6 Å². The van der Waals surface area contributed by atoms with Crippen LogP contribution in [0.4, 0.5) is 0 Å². The average Bonchev–Trinajstić information content (AvgIpc) is 2.73. The van der Waals surface area contributed by atoms with Crippen molar-refractivity contribution in [1.82, 2.24) is 25.4 Å². The fourth-order valence-electron chi connectivity index (χ4n) is 1.20. The third-order valence-electron chi connectivity index (χ3n) is 2.84. The highest BCUT2D eigenvalue weighted by Gasteiger charge is 2.21. The summed E-state index contributed by atoms with van der Waals surface area (Å²) in [6.07, 6.45) is 0. The van der Waals surface area contributed by atoms with Gasteiger partial charge in [0.05, 0.1) is 0 Å². The zero-order valence-corrected chi connectivity index (χ0v) is 12.0. The largest absolute Gasteiger partial charge is 0.348 e. The average molecular weight is 253 g/mol. The highest BCUT2D eigenvalue weighted by atomic mass is 16.2. The SMILES string of the molecule is CC(CNC(=O)c1n[nH]c(C(C)(C)C)n1)N(C)C. The number of nitrogens with one attached hydrogen (secondary N) is 2. The molecule has 0 radical (unpaired) electrons. The third-order valence-corrected chi connectivity index (χ3v) is 2.84. The highest BCUT2D eigenvalue weighted by molar-refractivity contribution is 5.90. The van der Waals surface area contributed by atoms with E-state index < -0.39 is 0 Å². The summed E-state index contributed by atoms with van der Waals surface area (Å²) in [5, 5.41) is 9.57. The predicted molar refractivity (Wildman–Crippen MR) is 70.6 cm³/mol. The number of H-pyrrole nitrogens is 1. The molecule has 102 valence electrons. The molecule has 0 saturated carbocycles. The van der Waals surface area contributed by atoms with E-state index in [0.29, 0.717) is 12.4 Å². The first-order valence-corrected chi connectivity index (χ1v) is 6.09. The lowest BCUT2D eigenvalue weighted by atomic mass is 9.96. The Morgan fingerprint density at radius 2 is 2.06 bits per heavy atom. The minimum absolute atomic E-state index is 0.136. The van der Waals surface area contributed by atoms with Gasteiger partial charge in [-0.15, -0.1) is 5.10 Å². The summed E-state index contributed by atoms with van der Waals surface area (Å²) in [5.74, 6) is 0.676. The van der Waals surface area contributed by atoms with E-state index in [9.17, 15) is 4.79 Å². The Balaban J connectivity index is 2.60. The third kappa shape index (κ3) is 3.80. The summed E-state index contributed by atoms with van der Waals surface area (Å²) in [6, 6.07) is 0.273. The second-order valence-corrected chi connectivity index (χ2v) is 5.78. The quantitative estimate of drug-likeness (QED) is 0.831. The number of aromatic amines is 1. The molecule has 1 heterocycles. The Labute approximate surface area is 108 Å². The minimum Gasteiger partial charge on any atom is -0.348 e. The van der Waals surface area contributed by atoms with E-state index in [0.717, 1.165) is 0 Å². The van der Waals surface area contributed by atoms with Gasteiger partial charge in [-0.25, -0.2) is 4.98 Å². The monoisotopic (exact) mass is 253 g/mol. The summed E-state index contributed by atoms with van der Waals surface area (Å²) >= 11 is 0. The number of carbonyl (C=O) groups excluding carboxylic acids is 1. The van der Waals surface area contributed by atoms with E-state index in [1.807, 2.05) is 46.7 Å². The van der Waals surface area contributed by atoms with Crippen LogP contribution in [-0.2, 0) is 5.41 Å². The normalized spacial score (nSPS) is 13.7. The van der Waals surface area contributed by atoms with Crippen molar-refractivity contribution < 1.29 is 4.79 Å². The van der Waals surface area contributed by atoms with Crippen LogP contribution in [0.1, 0.15) is 44.1 Å². The van der Waals surface area contributed by atoms with Crippen LogP contribution in [0.5, 0.6) is 0 Å². The summed E-state index contributed by atoms with van der Waals surface area (Å²) in [6.45, 7) is 8.67. The molecule has 2 N–H and O–H groups in total. The highest BCUT2D eigenvalue weighted by Crippen LogP contribution is 2.17. The Hall–Kier alpha value is -1.43. The lowest BCUT2D eigenvalue weighted by molar-refractivity contribution is 0.0933. The molecule has 1 aromatic heterocycles. The van der Waals surface area contributed by atoms with Crippen molar-refractivity contribution in [3.8, 4) is 0 Å². The molecule has 0 bridgehead atoms. The van der Waals surface area contributed by atoms with E-state index in [4.69, 9.17) is 0 Å². The Kier molecular flexibility index (Phi) is 4.45. The van der Waals surface area contributed by atoms with Gasteiger partial charge in [0.15, 0.2) is 0 Å². The Bertz CT molecular complexity index is 405. The van der Waals surface area contributed by atoms with E-state index >= 15 is 0 Å². The summed E-state index contributed by atoms with van der Waals surface area (Å²) < 4.78 is 0. The van der Waals surface area contributed by atoms with Gasteiger partial charge >= 0.3 is 0 Å². The molecular formula is C12H23N5O. The van der Waals surface area contributed by atoms with E-state index in [1.54, 1.807) is 0 Å². The van der Waals surface area contributed by atoms with Crippen molar-refractivity contribution >= 4 is 5.91 Å². The van der Waals surface area contributed by atoms with Gasteiger partial charge in [-0.3, -0.25) is 9.89 Å². The second kappa shape index (κ2) is 5.48. The second-order valence-electron chi connectivity index (χ2n) is 5.78. The number of carbonyl (C=O) groups is 1. The first-order chi connectivity index (χ1) is 8.21. The van der Waals surface area contributed by atoms with Crippen LogP contribution < -0.4 is 5.32 Å². The van der Waals surface area contributed by atoms with E-state index in [1.165, 1.54) is 0 Å². The Morgan fingerprint density at radius 3 is 2.50 bits per heavy atom. The van der Waals surface area contributed by atoms with Crippen molar-refractivity contribution in [2.24, 2.45) is 0 Å². The number of rotatable bonds is 4. The smallest absolute Gasteiger partial charge is 0.291 e. The van der Waals surface area contributed by atoms with Crippen LogP contribution in [0.25, 0.3) is 0 Å². The molecule has 1 unspecified atom stereocenters. The number of likely N-dealkylation sites (N-methyl/N-ethyl adjacent to an activating group) is 1. The predicted octanol–water partition coefficient (Wildman–Crippen LogP) is 0.782. The maximum Gasteiger partial charge on any atom is 0.291 e. The Morgan fingerprint density at radius 1 is 1.44 bits per heavy atom. The van der Waals surface area contributed by atoms with Gasteiger partial charge in [-0.2, -0.15) is 0 Å². The minimum atomic E-state index is -0.240. The molecule has 1 amide bonds. The number of hydrogen-bond donors (Lipinski definition) is 2. The van der Waals surface area contributed by atoms with Crippen LogP contribution in [0.3, 0.4) is 0 Å². The van der Waals surface area contributed by atoms with Gasteiger partial charge < -0.3 is 10.2 Å². The van der Waals surface area contributed by atoms with Gasteiger partial charge in [0.2, 0.25) is 5.82 Å². The number of aromatic nitrogens is 3. The molecule has 1 atom stereocenters. The molecule has 18 heavy (non-hydrogen) atoms. The molecule has 6 nitrogen and oxygen atoms in total. The fourth-order valence-corrected chi connectivity index (χ4v) is 1.20. The van der Waals surface area contributed by atoms with Crippen molar-refractivity contribution in [3.63, 3.8) is 0 Å². The van der Waals surface area contributed by atoms with Gasteiger partial charge in [-0.05, 0) is 21.0 Å². The van der Waals surface area contributed by atoms with E-state index in [2.05, 4.69) is 20.5 Å². The van der Waals surface area contributed by atoms with Gasteiger partial charge in [0.1, 0.15) is 5.82 Å². The lowest BCUT2D eigenvalue weighted by Gasteiger charge is -2.19. The first-order valence-electron chi connectivity index (χ1n) is 6.09. The van der Waals surface area contributed by atoms with Crippen LogP contribution in [0, 0.1) is 0 Å². The van der Waals surface area contributed by atoms with E-state index in [-0.39, 0.29) is 23.2 Å². The lowest BCUT2D eigenvalue weighted by Crippen LogP contribution is -2.38. The molecule has 0 aliphatic rings. The topological polar surface area (TPSA) is 73.9 Å². The zero-order valence-electron chi connectivity index (χ0n) is 12.0. The first kappa shape index (κ1) is 14.6. The molecule has 0 saturated heterocycles. The van der Waals surface area contributed by atoms with Crippen LogP contribution in [0.15, 0.2) is 0 Å². The molecular weight excluding hydrogens is 230 g/mol. The number of amides is 1. The number of nitrogens with zero attached hydrogens (tertiary/aromatic N) is 3. The molecule has 1 rings (SSSR count). The van der Waals surface area contributed by atoms with Crippen molar-refractivity contribution in [1.29, 1.82) is 0 Å².